The second-order valence-corrected chi connectivity index (χ2v) is 5.61. The van der Waals surface area contributed by atoms with Crippen molar-refractivity contribution in [3.05, 3.63) is 23.5 Å². The minimum atomic E-state index is -0.0922. The molecule has 1 aromatic rings. The van der Waals surface area contributed by atoms with Gasteiger partial charge in [-0.3, -0.25) is 15.6 Å². The van der Waals surface area contributed by atoms with Crippen LogP contribution in [0.3, 0.4) is 0 Å². The van der Waals surface area contributed by atoms with E-state index in [4.69, 9.17) is 5.84 Å². The average Bonchev–Trinajstić information content (AvgIpc) is 2.47. The van der Waals surface area contributed by atoms with Gasteiger partial charge in [0.05, 0.1) is 11.3 Å². The highest BCUT2D eigenvalue weighted by atomic mass is 16.1. The first-order valence-electron chi connectivity index (χ1n) is 7.38. The van der Waals surface area contributed by atoms with E-state index >= 15 is 0 Å². The highest BCUT2D eigenvalue weighted by Gasteiger charge is 2.22. The van der Waals surface area contributed by atoms with Gasteiger partial charge in [0.15, 0.2) is 0 Å². The van der Waals surface area contributed by atoms with Gasteiger partial charge in [-0.25, -0.2) is 0 Å². The lowest BCUT2D eigenvalue weighted by molar-refractivity contribution is 0.0922. The minimum Gasteiger partial charge on any atom is -0.349 e. The van der Waals surface area contributed by atoms with Crippen LogP contribution in [0.1, 0.15) is 55.1 Å². The number of hydrogen-bond acceptors (Lipinski definition) is 4. The number of nitrogens with zero attached hydrogens (tertiary/aromatic N) is 1. The normalized spacial score (nSPS) is 22.4. The summed E-state index contributed by atoms with van der Waals surface area (Å²) in [7, 11) is 0. The van der Waals surface area contributed by atoms with Crippen LogP contribution in [-0.2, 0) is 0 Å². The molecule has 0 atom stereocenters. The molecule has 0 spiro atoms. The summed E-state index contributed by atoms with van der Waals surface area (Å²) in [6, 6.07) is 2.06. The third-order valence-corrected chi connectivity index (χ3v) is 4.20. The van der Waals surface area contributed by atoms with Crippen molar-refractivity contribution in [1.29, 1.82) is 0 Å². The first kappa shape index (κ1) is 14.8. The van der Waals surface area contributed by atoms with Crippen LogP contribution in [0, 0.1) is 12.8 Å². The fourth-order valence-corrected chi connectivity index (χ4v) is 2.84. The van der Waals surface area contributed by atoms with Crippen molar-refractivity contribution < 1.29 is 4.79 Å². The zero-order valence-corrected chi connectivity index (χ0v) is 12.3. The topological polar surface area (TPSA) is 80.0 Å². The monoisotopic (exact) mass is 276 g/mol. The van der Waals surface area contributed by atoms with Crippen LogP contribution in [0.15, 0.2) is 12.3 Å². The highest BCUT2D eigenvalue weighted by molar-refractivity contribution is 5.99. The quantitative estimate of drug-likeness (QED) is 0.582. The summed E-state index contributed by atoms with van der Waals surface area (Å²) in [5.41, 5.74) is 4.53. The van der Waals surface area contributed by atoms with Crippen LogP contribution in [-0.4, -0.2) is 16.9 Å². The molecule has 0 saturated heterocycles. The van der Waals surface area contributed by atoms with Gasteiger partial charge < -0.3 is 10.7 Å². The molecule has 1 fully saturated rings. The number of pyridine rings is 1. The Kier molecular flexibility index (Phi) is 4.95. The van der Waals surface area contributed by atoms with Gasteiger partial charge in [-0.15, -0.1) is 0 Å². The standard InChI is InChI=1S/C15H24N4O/c1-3-11-4-6-12(7-5-11)18-15(20)13-9-17-10(2)8-14(13)19-16/h8-9,11-12H,3-7,16H2,1-2H3,(H,17,19)(H,18,20). The molecule has 0 bridgehead atoms. The molecule has 1 aliphatic carbocycles. The van der Waals surface area contributed by atoms with Crippen LogP contribution in [0.4, 0.5) is 5.69 Å². The molecule has 0 radical (unpaired) electrons. The molecule has 20 heavy (non-hydrogen) atoms. The summed E-state index contributed by atoms with van der Waals surface area (Å²) in [5, 5.41) is 3.10. The molecule has 0 unspecified atom stereocenters. The van der Waals surface area contributed by atoms with E-state index < -0.39 is 0 Å². The lowest BCUT2D eigenvalue weighted by atomic mass is 9.84. The van der Waals surface area contributed by atoms with Gasteiger partial charge in [0.1, 0.15) is 0 Å². The van der Waals surface area contributed by atoms with Crippen molar-refractivity contribution >= 4 is 11.6 Å². The Morgan fingerprint density at radius 2 is 2.10 bits per heavy atom. The maximum Gasteiger partial charge on any atom is 0.255 e. The molecule has 110 valence electrons. The Morgan fingerprint density at radius 3 is 2.70 bits per heavy atom. The van der Waals surface area contributed by atoms with E-state index in [1.165, 1.54) is 19.3 Å². The molecule has 1 heterocycles. The highest BCUT2D eigenvalue weighted by Crippen LogP contribution is 2.27. The van der Waals surface area contributed by atoms with E-state index in [0.29, 0.717) is 11.3 Å². The van der Waals surface area contributed by atoms with Gasteiger partial charge >= 0.3 is 0 Å². The zero-order chi connectivity index (χ0) is 14.5. The van der Waals surface area contributed by atoms with Gasteiger partial charge in [-0.1, -0.05) is 13.3 Å². The van der Waals surface area contributed by atoms with Gasteiger partial charge in [0, 0.05) is 17.9 Å². The number of aryl methyl sites for hydroxylation is 1. The van der Waals surface area contributed by atoms with Crippen molar-refractivity contribution in [3.8, 4) is 0 Å². The number of nitrogens with one attached hydrogen (secondary N) is 2. The average molecular weight is 276 g/mol. The van der Waals surface area contributed by atoms with Gasteiger partial charge in [0.2, 0.25) is 0 Å². The van der Waals surface area contributed by atoms with E-state index in [9.17, 15) is 4.79 Å². The summed E-state index contributed by atoms with van der Waals surface area (Å²) in [4.78, 5) is 16.5. The second kappa shape index (κ2) is 6.70. The maximum absolute atomic E-state index is 12.3. The van der Waals surface area contributed by atoms with Crippen LogP contribution >= 0.6 is 0 Å². The number of aromatic nitrogens is 1. The van der Waals surface area contributed by atoms with Crippen LogP contribution < -0.4 is 16.6 Å². The number of nitrogens with two attached hydrogens (primary N) is 1. The third kappa shape index (κ3) is 3.48. The molecule has 2 rings (SSSR count). The molecule has 5 nitrogen and oxygen atoms in total. The van der Waals surface area contributed by atoms with Crippen LogP contribution in [0.5, 0.6) is 0 Å². The summed E-state index contributed by atoms with van der Waals surface area (Å²) < 4.78 is 0. The van der Waals surface area contributed by atoms with Crippen molar-refractivity contribution in [2.45, 2.75) is 52.0 Å². The fraction of sp³-hybridized carbons (Fsp3) is 0.600. The molecular formula is C15H24N4O. The number of hydrazine groups is 1. The SMILES string of the molecule is CCC1CCC(NC(=O)c2cnc(C)cc2NN)CC1. The van der Waals surface area contributed by atoms with E-state index in [1.54, 1.807) is 12.3 Å². The molecule has 1 aliphatic rings. The smallest absolute Gasteiger partial charge is 0.255 e. The predicted octanol–water partition coefficient (Wildman–Crippen LogP) is 2.37. The molecule has 1 saturated carbocycles. The molecule has 1 aromatic heterocycles. The first-order valence-corrected chi connectivity index (χ1v) is 7.38. The fourth-order valence-electron chi connectivity index (χ4n) is 2.84. The van der Waals surface area contributed by atoms with Crippen molar-refractivity contribution in [1.82, 2.24) is 10.3 Å². The van der Waals surface area contributed by atoms with E-state index in [1.807, 2.05) is 6.92 Å². The number of hydrogen-bond donors (Lipinski definition) is 3. The summed E-state index contributed by atoms with van der Waals surface area (Å²) in [6.45, 7) is 4.11. The Balaban J connectivity index is 1.98. The largest absolute Gasteiger partial charge is 0.349 e. The van der Waals surface area contributed by atoms with Crippen molar-refractivity contribution in [3.63, 3.8) is 0 Å². The van der Waals surface area contributed by atoms with Gasteiger partial charge in [-0.2, -0.15) is 0 Å². The van der Waals surface area contributed by atoms with Crippen LogP contribution in [0.2, 0.25) is 0 Å². The minimum absolute atomic E-state index is 0.0922. The summed E-state index contributed by atoms with van der Waals surface area (Å²) in [5.74, 6) is 6.20. The number of carbonyl (C=O) groups excluding carboxylic acids is 1. The zero-order valence-electron chi connectivity index (χ0n) is 12.3. The maximum atomic E-state index is 12.3. The second-order valence-electron chi connectivity index (χ2n) is 5.61. The Bertz CT molecular complexity index is 467. The van der Waals surface area contributed by atoms with Gasteiger partial charge in [0.25, 0.3) is 5.91 Å². The number of rotatable bonds is 4. The number of carbonyl (C=O) groups is 1. The number of amides is 1. The lowest BCUT2D eigenvalue weighted by Gasteiger charge is -2.28. The Hall–Kier alpha value is -1.62. The number of nitrogen functional groups attached to an aromatic ring is 1. The molecule has 1 amide bonds. The van der Waals surface area contributed by atoms with E-state index in [2.05, 4.69) is 22.7 Å². The molecule has 5 heteroatoms. The molecule has 0 aromatic carbocycles. The molecule has 4 N–H and O–H groups in total. The molecule has 0 aliphatic heterocycles. The first-order chi connectivity index (χ1) is 9.63. The van der Waals surface area contributed by atoms with Crippen molar-refractivity contribution in [2.24, 2.45) is 11.8 Å². The molecular weight excluding hydrogens is 252 g/mol. The Morgan fingerprint density at radius 1 is 1.40 bits per heavy atom. The summed E-state index contributed by atoms with van der Waals surface area (Å²) in [6.07, 6.45) is 7.36. The summed E-state index contributed by atoms with van der Waals surface area (Å²) >= 11 is 0. The predicted molar refractivity (Wildman–Crippen MR) is 80.3 cm³/mol. The third-order valence-electron chi connectivity index (χ3n) is 4.20. The van der Waals surface area contributed by atoms with Gasteiger partial charge in [-0.05, 0) is 44.6 Å². The Labute approximate surface area is 120 Å². The lowest BCUT2D eigenvalue weighted by Crippen LogP contribution is -2.38. The van der Waals surface area contributed by atoms with E-state index in [-0.39, 0.29) is 11.9 Å². The van der Waals surface area contributed by atoms with Crippen LogP contribution in [0.25, 0.3) is 0 Å². The van der Waals surface area contributed by atoms with E-state index in [0.717, 1.165) is 24.5 Å². The van der Waals surface area contributed by atoms with Crippen molar-refractivity contribution in [2.75, 3.05) is 5.43 Å². The number of anilines is 1.